The van der Waals surface area contributed by atoms with Crippen LogP contribution in [0.25, 0.3) is 5.82 Å². The summed E-state index contributed by atoms with van der Waals surface area (Å²) in [5, 5.41) is 4.78. The number of amides is 1. The Morgan fingerprint density at radius 2 is 1.94 bits per heavy atom. The minimum atomic E-state index is -0.141. The number of carbonyl (C=O) groups is 2. The number of ether oxygens (including phenoxy) is 1. The van der Waals surface area contributed by atoms with E-state index in [1.54, 1.807) is 42.1 Å². The summed E-state index contributed by atoms with van der Waals surface area (Å²) in [6, 6.07) is 11.2. The third kappa shape index (κ3) is 5.19. The minimum Gasteiger partial charge on any atom is -0.497 e. The zero-order valence-corrected chi connectivity index (χ0v) is 20.9. The van der Waals surface area contributed by atoms with E-state index in [4.69, 9.17) is 9.84 Å². The number of aromatic nitrogens is 3. The zero-order chi connectivity index (χ0) is 25.2. The molecule has 0 radical (unpaired) electrons. The highest BCUT2D eigenvalue weighted by Crippen LogP contribution is 2.37. The Kier molecular flexibility index (Phi) is 6.87. The Hall–Kier alpha value is -3.74. The van der Waals surface area contributed by atoms with E-state index in [9.17, 15) is 9.59 Å². The summed E-state index contributed by atoms with van der Waals surface area (Å²) in [6.07, 6.45) is 6.08. The van der Waals surface area contributed by atoms with Crippen molar-refractivity contribution in [2.45, 2.75) is 46.1 Å². The van der Waals surface area contributed by atoms with Crippen LogP contribution < -0.4 is 4.74 Å². The lowest BCUT2D eigenvalue weighted by Gasteiger charge is -2.29. The molecule has 1 aromatic carbocycles. The van der Waals surface area contributed by atoms with E-state index in [-0.39, 0.29) is 17.1 Å². The lowest BCUT2D eigenvalue weighted by molar-refractivity contribution is 0.0784. The Balaban J connectivity index is 1.57. The second kappa shape index (κ2) is 9.86. The number of ketones is 1. The third-order valence-corrected chi connectivity index (χ3v) is 6.34. The van der Waals surface area contributed by atoms with Crippen LogP contribution in [0.5, 0.6) is 5.75 Å². The van der Waals surface area contributed by atoms with Crippen molar-refractivity contribution in [2.75, 3.05) is 14.2 Å². The maximum atomic E-state index is 13.0. The first kappa shape index (κ1) is 24.4. The number of hydrogen-bond donors (Lipinski definition) is 0. The number of fused-ring (bicyclic) bond motifs is 1. The molecule has 35 heavy (non-hydrogen) atoms. The molecule has 1 amide bonds. The first-order valence-corrected chi connectivity index (χ1v) is 11.8. The molecular formula is C28H32N4O3. The van der Waals surface area contributed by atoms with Crippen molar-refractivity contribution in [2.24, 2.45) is 5.41 Å². The molecule has 2 heterocycles. The van der Waals surface area contributed by atoms with Gasteiger partial charge in [0.2, 0.25) is 0 Å². The standard InChI is InChI=1S/C28H32N4O3/c1-6-7-8-22-26-23(15-28(2,3)16-24(26)33)32(30-22)25-14-11-20(17-29-25)27(34)31(4)18-19-9-12-21(35-5)13-10-19/h6,9-14,17H,1,7-8,15-16,18H2,2-5H3. The molecule has 0 aliphatic heterocycles. The largest absolute Gasteiger partial charge is 0.497 e. The number of nitrogens with zero attached hydrogens (tertiary/aromatic N) is 4. The second-order valence-electron chi connectivity index (χ2n) is 9.86. The predicted molar refractivity (Wildman–Crippen MR) is 135 cm³/mol. The SMILES string of the molecule is C=CCCc1nn(-c2ccc(C(=O)N(C)Cc3ccc(OC)cc3)cn2)c2c1C(=O)CC(C)(C)C2. The van der Waals surface area contributed by atoms with Crippen molar-refractivity contribution in [3.63, 3.8) is 0 Å². The van der Waals surface area contributed by atoms with Crippen LogP contribution in [0, 0.1) is 5.41 Å². The van der Waals surface area contributed by atoms with Crippen molar-refractivity contribution in [3.8, 4) is 11.6 Å². The van der Waals surface area contributed by atoms with Crippen LogP contribution >= 0.6 is 0 Å². The molecule has 1 aliphatic carbocycles. The summed E-state index contributed by atoms with van der Waals surface area (Å²) in [4.78, 5) is 32.2. The van der Waals surface area contributed by atoms with Gasteiger partial charge in [0, 0.05) is 26.2 Å². The Bertz CT molecular complexity index is 1240. The fraction of sp³-hybridized carbons (Fsp3) is 0.357. The summed E-state index contributed by atoms with van der Waals surface area (Å²) < 4.78 is 6.97. The van der Waals surface area contributed by atoms with Crippen molar-refractivity contribution >= 4 is 11.7 Å². The molecule has 1 aliphatic rings. The number of aryl methyl sites for hydroxylation is 1. The van der Waals surface area contributed by atoms with Crippen LogP contribution in [-0.2, 0) is 19.4 Å². The molecule has 7 nitrogen and oxygen atoms in total. The number of pyridine rings is 1. The maximum Gasteiger partial charge on any atom is 0.255 e. The molecule has 0 spiro atoms. The van der Waals surface area contributed by atoms with Gasteiger partial charge in [-0.2, -0.15) is 5.10 Å². The minimum absolute atomic E-state index is 0.120. The predicted octanol–water partition coefficient (Wildman–Crippen LogP) is 4.82. The molecule has 4 rings (SSSR count). The summed E-state index contributed by atoms with van der Waals surface area (Å²) >= 11 is 0. The van der Waals surface area contributed by atoms with Gasteiger partial charge >= 0.3 is 0 Å². The van der Waals surface area contributed by atoms with E-state index in [2.05, 4.69) is 25.4 Å². The summed E-state index contributed by atoms with van der Waals surface area (Å²) in [5.74, 6) is 1.39. The first-order chi connectivity index (χ1) is 16.7. The van der Waals surface area contributed by atoms with Crippen LogP contribution in [0.15, 0.2) is 55.3 Å². The smallest absolute Gasteiger partial charge is 0.255 e. The molecule has 0 unspecified atom stereocenters. The first-order valence-electron chi connectivity index (χ1n) is 11.8. The highest BCUT2D eigenvalue weighted by molar-refractivity contribution is 6.00. The van der Waals surface area contributed by atoms with Gasteiger partial charge in [0.15, 0.2) is 11.6 Å². The molecule has 0 bridgehead atoms. The van der Waals surface area contributed by atoms with Gasteiger partial charge in [-0.05, 0) is 54.5 Å². The fourth-order valence-corrected chi connectivity index (χ4v) is 4.57. The molecule has 2 aromatic heterocycles. The molecule has 0 N–H and O–H groups in total. The van der Waals surface area contributed by atoms with Gasteiger partial charge in [-0.1, -0.05) is 32.1 Å². The normalized spacial score (nSPS) is 14.3. The quantitative estimate of drug-likeness (QED) is 0.439. The molecule has 7 heteroatoms. The van der Waals surface area contributed by atoms with Gasteiger partial charge in [-0.15, -0.1) is 6.58 Å². The van der Waals surface area contributed by atoms with E-state index in [0.29, 0.717) is 30.8 Å². The van der Waals surface area contributed by atoms with Crippen molar-refractivity contribution in [1.82, 2.24) is 19.7 Å². The van der Waals surface area contributed by atoms with Gasteiger partial charge in [0.1, 0.15) is 5.75 Å². The highest BCUT2D eigenvalue weighted by Gasteiger charge is 2.36. The Labute approximate surface area is 206 Å². The topological polar surface area (TPSA) is 77.3 Å². The Morgan fingerprint density at radius 1 is 1.20 bits per heavy atom. The number of Topliss-reactive ketones (excluding diaryl/α,β-unsaturated/α-hetero) is 1. The van der Waals surface area contributed by atoms with E-state index >= 15 is 0 Å². The van der Waals surface area contributed by atoms with Gasteiger partial charge < -0.3 is 9.64 Å². The van der Waals surface area contributed by atoms with Crippen LogP contribution in [0.2, 0.25) is 0 Å². The number of hydrogen-bond acceptors (Lipinski definition) is 5. The van der Waals surface area contributed by atoms with Crippen LogP contribution in [0.1, 0.15) is 64.4 Å². The fourth-order valence-electron chi connectivity index (χ4n) is 4.57. The highest BCUT2D eigenvalue weighted by atomic mass is 16.5. The van der Waals surface area contributed by atoms with Crippen molar-refractivity contribution < 1.29 is 14.3 Å². The number of methoxy groups -OCH3 is 1. The monoisotopic (exact) mass is 472 g/mol. The number of benzene rings is 1. The summed E-state index contributed by atoms with van der Waals surface area (Å²) in [6.45, 7) is 8.47. The maximum absolute atomic E-state index is 13.0. The summed E-state index contributed by atoms with van der Waals surface area (Å²) in [5.41, 5.74) is 3.78. The van der Waals surface area contributed by atoms with Crippen LogP contribution in [0.3, 0.4) is 0 Å². The average Bonchev–Trinajstić information content (AvgIpc) is 3.20. The zero-order valence-electron chi connectivity index (χ0n) is 20.9. The number of carbonyl (C=O) groups excluding carboxylic acids is 2. The molecule has 3 aromatic rings. The van der Waals surface area contributed by atoms with Crippen LogP contribution in [-0.4, -0.2) is 45.5 Å². The molecule has 0 saturated carbocycles. The van der Waals surface area contributed by atoms with Crippen LogP contribution in [0.4, 0.5) is 0 Å². The van der Waals surface area contributed by atoms with E-state index < -0.39 is 0 Å². The van der Waals surface area contributed by atoms with Gasteiger partial charge in [0.25, 0.3) is 5.91 Å². The number of rotatable bonds is 8. The summed E-state index contributed by atoms with van der Waals surface area (Å²) in [7, 11) is 3.39. The van der Waals surface area contributed by atoms with Gasteiger partial charge in [-0.25, -0.2) is 9.67 Å². The molecule has 0 saturated heterocycles. The molecule has 0 fully saturated rings. The van der Waals surface area contributed by atoms with Gasteiger partial charge in [-0.3, -0.25) is 9.59 Å². The van der Waals surface area contributed by atoms with Crippen molar-refractivity contribution in [3.05, 3.63) is 83.3 Å². The lowest BCUT2D eigenvalue weighted by atomic mass is 9.75. The average molecular weight is 473 g/mol. The van der Waals surface area contributed by atoms with E-state index in [1.807, 2.05) is 30.3 Å². The lowest BCUT2D eigenvalue weighted by Crippen LogP contribution is -2.28. The Morgan fingerprint density at radius 3 is 2.57 bits per heavy atom. The van der Waals surface area contributed by atoms with E-state index in [1.165, 1.54) is 0 Å². The number of allylic oxidation sites excluding steroid dienone is 1. The molecule has 0 atom stereocenters. The van der Waals surface area contributed by atoms with Gasteiger partial charge in [0.05, 0.1) is 29.6 Å². The second-order valence-corrected chi connectivity index (χ2v) is 9.86. The van der Waals surface area contributed by atoms with E-state index in [0.717, 1.165) is 41.1 Å². The molecule has 182 valence electrons. The molecular weight excluding hydrogens is 440 g/mol. The third-order valence-electron chi connectivity index (χ3n) is 6.34. The van der Waals surface area contributed by atoms with Crippen molar-refractivity contribution in [1.29, 1.82) is 0 Å².